The van der Waals surface area contributed by atoms with Gasteiger partial charge in [-0.3, -0.25) is 9.69 Å². The normalized spacial score (nSPS) is 19.8. The van der Waals surface area contributed by atoms with Gasteiger partial charge < -0.3 is 4.90 Å². The number of halogens is 1. The van der Waals surface area contributed by atoms with Crippen molar-refractivity contribution >= 4 is 17.5 Å². The molecule has 110 valence electrons. The third kappa shape index (κ3) is 3.97. The molecular formula is C16H23ClN2O. The Morgan fingerprint density at radius 3 is 2.80 bits per heavy atom. The van der Waals surface area contributed by atoms with Gasteiger partial charge in [0.2, 0.25) is 5.91 Å². The second kappa shape index (κ2) is 7.65. The summed E-state index contributed by atoms with van der Waals surface area (Å²) in [7, 11) is 0. The lowest BCUT2D eigenvalue weighted by atomic mass is 10.0. The Kier molecular flexibility index (Phi) is 5.86. The maximum Gasteiger partial charge on any atom is 0.237 e. The molecule has 0 bridgehead atoms. The van der Waals surface area contributed by atoms with Gasteiger partial charge in [-0.2, -0.15) is 0 Å². The minimum atomic E-state index is 0.0562. The second-order valence-corrected chi connectivity index (χ2v) is 5.60. The van der Waals surface area contributed by atoms with E-state index < -0.39 is 0 Å². The molecule has 0 radical (unpaired) electrons. The fourth-order valence-corrected chi connectivity index (χ4v) is 3.14. The highest BCUT2D eigenvalue weighted by Crippen LogP contribution is 2.18. The van der Waals surface area contributed by atoms with Crippen LogP contribution >= 0.6 is 11.6 Å². The lowest BCUT2D eigenvalue weighted by Crippen LogP contribution is -2.50. The first kappa shape index (κ1) is 15.3. The molecule has 4 heteroatoms. The highest BCUT2D eigenvalue weighted by Gasteiger charge is 2.27. The van der Waals surface area contributed by atoms with Crippen molar-refractivity contribution in [2.24, 2.45) is 0 Å². The fourth-order valence-electron chi connectivity index (χ4n) is 2.99. The Hall–Kier alpha value is -1.06. The van der Waals surface area contributed by atoms with Gasteiger partial charge in [0.15, 0.2) is 0 Å². The van der Waals surface area contributed by atoms with E-state index in [-0.39, 0.29) is 11.8 Å². The smallest absolute Gasteiger partial charge is 0.237 e. The summed E-state index contributed by atoms with van der Waals surface area (Å²) in [5.74, 6) is 0.143. The monoisotopic (exact) mass is 294 g/mol. The molecular weight excluding hydrogens is 272 g/mol. The Morgan fingerprint density at radius 1 is 1.40 bits per heavy atom. The van der Waals surface area contributed by atoms with Gasteiger partial charge >= 0.3 is 0 Å². The van der Waals surface area contributed by atoms with E-state index >= 15 is 0 Å². The first-order valence-electron chi connectivity index (χ1n) is 7.36. The van der Waals surface area contributed by atoms with Crippen molar-refractivity contribution in [3.8, 4) is 0 Å². The third-order valence-corrected chi connectivity index (χ3v) is 4.17. The van der Waals surface area contributed by atoms with Crippen LogP contribution in [-0.2, 0) is 11.3 Å². The van der Waals surface area contributed by atoms with Crippen LogP contribution in [0.15, 0.2) is 30.3 Å². The van der Waals surface area contributed by atoms with Crippen LogP contribution in [-0.4, -0.2) is 47.3 Å². The molecule has 20 heavy (non-hydrogen) atoms. The molecule has 0 unspecified atom stereocenters. The number of hydrogen-bond donors (Lipinski definition) is 0. The number of hydrogen-bond acceptors (Lipinski definition) is 2. The summed E-state index contributed by atoms with van der Waals surface area (Å²) >= 11 is 5.71. The summed E-state index contributed by atoms with van der Waals surface area (Å²) in [5.41, 5.74) is 1.33. The lowest BCUT2D eigenvalue weighted by Gasteiger charge is -2.39. The molecule has 2 rings (SSSR count). The number of benzene rings is 1. The van der Waals surface area contributed by atoms with Crippen molar-refractivity contribution in [3.63, 3.8) is 0 Å². The minimum Gasteiger partial charge on any atom is -0.338 e. The predicted octanol–water partition coefficient (Wildman–Crippen LogP) is 2.74. The maximum atomic E-state index is 11.9. The number of piperidine rings is 1. The van der Waals surface area contributed by atoms with Gasteiger partial charge in [0.05, 0.1) is 0 Å². The van der Waals surface area contributed by atoms with E-state index in [9.17, 15) is 4.79 Å². The molecule has 3 nitrogen and oxygen atoms in total. The predicted molar refractivity (Wildman–Crippen MR) is 82.8 cm³/mol. The largest absolute Gasteiger partial charge is 0.338 e. The van der Waals surface area contributed by atoms with E-state index in [4.69, 9.17) is 11.6 Å². The van der Waals surface area contributed by atoms with Crippen LogP contribution in [0.1, 0.15) is 25.3 Å². The zero-order chi connectivity index (χ0) is 14.4. The summed E-state index contributed by atoms with van der Waals surface area (Å²) in [6, 6.07) is 10.8. The van der Waals surface area contributed by atoms with Gasteiger partial charge in [-0.25, -0.2) is 0 Å². The molecule has 1 heterocycles. The summed E-state index contributed by atoms with van der Waals surface area (Å²) in [5, 5.41) is 0. The van der Waals surface area contributed by atoms with Crippen LogP contribution in [0.4, 0.5) is 0 Å². The first-order chi connectivity index (χ1) is 9.74. The summed E-state index contributed by atoms with van der Waals surface area (Å²) in [4.78, 5) is 16.3. The number of carbonyl (C=O) groups is 1. The van der Waals surface area contributed by atoms with Gasteiger partial charge in [-0.05, 0) is 31.9 Å². The van der Waals surface area contributed by atoms with Crippen molar-refractivity contribution in [1.29, 1.82) is 0 Å². The average molecular weight is 295 g/mol. The molecule has 0 spiro atoms. The first-order valence-corrected chi connectivity index (χ1v) is 7.89. The minimum absolute atomic E-state index is 0.0562. The number of carbonyl (C=O) groups excluding carboxylic acids is 1. The molecule has 1 aliphatic rings. The number of likely N-dealkylation sites (N-methyl/N-ethyl adjacent to an activating group) is 1. The third-order valence-electron chi connectivity index (χ3n) is 3.95. The van der Waals surface area contributed by atoms with Crippen LogP contribution in [0.5, 0.6) is 0 Å². The molecule has 0 aromatic heterocycles. The number of nitrogens with zero attached hydrogens (tertiary/aromatic N) is 2. The maximum absolute atomic E-state index is 11.9. The Morgan fingerprint density at radius 2 is 2.15 bits per heavy atom. The zero-order valence-corrected chi connectivity index (χ0v) is 12.9. The van der Waals surface area contributed by atoms with Crippen LogP contribution in [0.3, 0.4) is 0 Å². The van der Waals surface area contributed by atoms with Gasteiger partial charge in [0.1, 0.15) is 5.88 Å². The molecule has 1 aromatic rings. The number of likely N-dealkylation sites (tertiary alicyclic amines) is 1. The van der Waals surface area contributed by atoms with E-state index in [2.05, 4.69) is 29.2 Å². The molecule has 1 fully saturated rings. The Labute approximate surface area is 126 Å². The van der Waals surface area contributed by atoms with Crippen LogP contribution < -0.4 is 0 Å². The molecule has 0 aliphatic carbocycles. The standard InChI is InChI=1S/C16H23ClN2O/c1-2-19(16(20)11-17)15-9-6-10-18(13-15)12-14-7-4-3-5-8-14/h3-5,7-8,15H,2,6,9-13H2,1H3/t15-/m0/s1. The number of amides is 1. The molecule has 0 saturated carbocycles. The van der Waals surface area contributed by atoms with E-state index in [0.29, 0.717) is 6.04 Å². The highest BCUT2D eigenvalue weighted by molar-refractivity contribution is 6.27. The van der Waals surface area contributed by atoms with Crippen molar-refractivity contribution in [2.45, 2.75) is 32.4 Å². The zero-order valence-electron chi connectivity index (χ0n) is 12.1. The molecule has 1 atom stereocenters. The fraction of sp³-hybridized carbons (Fsp3) is 0.562. The van der Waals surface area contributed by atoms with E-state index in [1.807, 2.05) is 17.9 Å². The van der Waals surface area contributed by atoms with Gasteiger partial charge in [-0.15, -0.1) is 11.6 Å². The van der Waals surface area contributed by atoms with E-state index in [1.54, 1.807) is 0 Å². The quantitative estimate of drug-likeness (QED) is 0.780. The Bertz CT molecular complexity index is 424. The topological polar surface area (TPSA) is 23.6 Å². The molecule has 1 amide bonds. The molecule has 1 saturated heterocycles. The van der Waals surface area contributed by atoms with E-state index in [0.717, 1.165) is 39.0 Å². The van der Waals surface area contributed by atoms with Gasteiger partial charge in [0, 0.05) is 25.7 Å². The van der Waals surface area contributed by atoms with Crippen molar-refractivity contribution < 1.29 is 4.79 Å². The van der Waals surface area contributed by atoms with E-state index in [1.165, 1.54) is 5.56 Å². The summed E-state index contributed by atoms with van der Waals surface area (Å²) in [6.45, 7) is 5.79. The summed E-state index contributed by atoms with van der Waals surface area (Å²) in [6.07, 6.45) is 2.23. The van der Waals surface area contributed by atoms with Crippen molar-refractivity contribution in [3.05, 3.63) is 35.9 Å². The number of rotatable bonds is 5. The molecule has 1 aliphatic heterocycles. The van der Waals surface area contributed by atoms with Crippen LogP contribution in [0.2, 0.25) is 0 Å². The van der Waals surface area contributed by atoms with Crippen molar-refractivity contribution in [2.75, 3.05) is 25.5 Å². The highest BCUT2D eigenvalue weighted by atomic mass is 35.5. The van der Waals surface area contributed by atoms with Gasteiger partial charge in [-0.1, -0.05) is 30.3 Å². The van der Waals surface area contributed by atoms with Crippen molar-refractivity contribution in [1.82, 2.24) is 9.80 Å². The second-order valence-electron chi connectivity index (χ2n) is 5.33. The average Bonchev–Trinajstić information content (AvgIpc) is 2.49. The van der Waals surface area contributed by atoms with Crippen LogP contribution in [0.25, 0.3) is 0 Å². The SMILES string of the molecule is CCN(C(=O)CCl)[C@H]1CCCN(Cc2ccccc2)C1. The molecule has 1 aromatic carbocycles. The van der Waals surface area contributed by atoms with Gasteiger partial charge in [0.25, 0.3) is 0 Å². The van der Waals surface area contributed by atoms with Crippen LogP contribution in [0, 0.1) is 0 Å². The number of alkyl halides is 1. The Balaban J connectivity index is 1.96. The lowest BCUT2D eigenvalue weighted by molar-refractivity contribution is -0.131. The summed E-state index contributed by atoms with van der Waals surface area (Å²) < 4.78 is 0. The molecule has 0 N–H and O–H groups in total.